The molecule has 0 aliphatic heterocycles. The van der Waals surface area contributed by atoms with E-state index in [0.717, 1.165) is 24.0 Å². The van der Waals surface area contributed by atoms with Gasteiger partial charge >= 0.3 is 0 Å². The number of nitro benzene ring substituents is 1. The van der Waals surface area contributed by atoms with E-state index in [1.165, 1.54) is 6.07 Å². The largest absolute Gasteiger partial charge is 0.324 e. The van der Waals surface area contributed by atoms with Crippen LogP contribution in [-0.4, -0.2) is 4.92 Å². The SMILES string of the molecule is N[C@@H]1CCc2c1cccc2[N+](=O)[O-]. The first kappa shape index (κ1) is 8.19. The zero-order valence-corrected chi connectivity index (χ0v) is 7.06. The van der Waals surface area contributed by atoms with Crippen LogP contribution in [0, 0.1) is 10.1 Å². The topological polar surface area (TPSA) is 69.2 Å². The minimum Gasteiger partial charge on any atom is -0.324 e. The van der Waals surface area contributed by atoms with Crippen molar-refractivity contribution in [3.05, 3.63) is 39.4 Å². The Bertz CT molecular complexity index is 363. The van der Waals surface area contributed by atoms with Crippen molar-refractivity contribution in [3.8, 4) is 0 Å². The van der Waals surface area contributed by atoms with Crippen LogP contribution in [0.4, 0.5) is 5.69 Å². The van der Waals surface area contributed by atoms with Crippen LogP contribution in [0.2, 0.25) is 0 Å². The summed E-state index contributed by atoms with van der Waals surface area (Å²) < 4.78 is 0. The molecular weight excluding hydrogens is 168 g/mol. The van der Waals surface area contributed by atoms with Gasteiger partial charge < -0.3 is 5.73 Å². The quantitative estimate of drug-likeness (QED) is 0.523. The monoisotopic (exact) mass is 178 g/mol. The van der Waals surface area contributed by atoms with E-state index in [4.69, 9.17) is 5.73 Å². The molecule has 4 heteroatoms. The minimum absolute atomic E-state index is 0.0186. The van der Waals surface area contributed by atoms with Gasteiger partial charge in [-0.2, -0.15) is 0 Å². The number of nitro groups is 1. The standard InChI is InChI=1S/C9H10N2O2/c10-8-5-4-7-6(8)2-1-3-9(7)11(12)13/h1-3,8H,4-5,10H2/t8-/m1/s1. The molecule has 4 nitrogen and oxygen atoms in total. The molecule has 68 valence electrons. The lowest BCUT2D eigenvalue weighted by Gasteiger charge is -2.03. The summed E-state index contributed by atoms with van der Waals surface area (Å²) >= 11 is 0. The van der Waals surface area contributed by atoms with Crippen LogP contribution in [-0.2, 0) is 6.42 Å². The molecule has 0 radical (unpaired) electrons. The fourth-order valence-electron chi connectivity index (χ4n) is 1.84. The van der Waals surface area contributed by atoms with Crippen molar-refractivity contribution in [2.75, 3.05) is 0 Å². The van der Waals surface area contributed by atoms with Crippen molar-refractivity contribution in [3.63, 3.8) is 0 Å². The zero-order chi connectivity index (χ0) is 9.42. The van der Waals surface area contributed by atoms with Gasteiger partial charge in [0.2, 0.25) is 0 Å². The molecule has 0 spiro atoms. The van der Waals surface area contributed by atoms with Crippen LogP contribution in [0.1, 0.15) is 23.6 Å². The molecule has 0 bridgehead atoms. The smallest absolute Gasteiger partial charge is 0.272 e. The number of fused-ring (bicyclic) bond motifs is 1. The third kappa shape index (κ3) is 1.19. The highest BCUT2D eigenvalue weighted by atomic mass is 16.6. The summed E-state index contributed by atoms with van der Waals surface area (Å²) in [6.07, 6.45) is 1.55. The zero-order valence-electron chi connectivity index (χ0n) is 7.06. The van der Waals surface area contributed by atoms with E-state index in [1.807, 2.05) is 6.07 Å². The van der Waals surface area contributed by atoms with Crippen molar-refractivity contribution in [2.24, 2.45) is 5.73 Å². The van der Waals surface area contributed by atoms with Gasteiger partial charge in [-0.3, -0.25) is 10.1 Å². The molecule has 2 rings (SSSR count). The molecular formula is C9H10N2O2. The molecule has 0 amide bonds. The van der Waals surface area contributed by atoms with Gasteiger partial charge in [-0.1, -0.05) is 12.1 Å². The Kier molecular flexibility index (Phi) is 1.77. The van der Waals surface area contributed by atoms with E-state index in [-0.39, 0.29) is 16.7 Å². The Balaban J connectivity index is 2.57. The highest BCUT2D eigenvalue weighted by molar-refractivity contribution is 5.49. The highest BCUT2D eigenvalue weighted by Crippen LogP contribution is 2.34. The molecule has 1 aromatic rings. The first-order valence-corrected chi connectivity index (χ1v) is 4.22. The van der Waals surface area contributed by atoms with Crippen LogP contribution in [0.5, 0.6) is 0 Å². The summed E-state index contributed by atoms with van der Waals surface area (Å²) in [7, 11) is 0. The van der Waals surface area contributed by atoms with Gasteiger partial charge in [0.1, 0.15) is 0 Å². The fraction of sp³-hybridized carbons (Fsp3) is 0.333. The Morgan fingerprint density at radius 2 is 2.31 bits per heavy atom. The minimum atomic E-state index is -0.336. The maximum absolute atomic E-state index is 10.6. The predicted molar refractivity (Wildman–Crippen MR) is 48.3 cm³/mol. The molecule has 0 heterocycles. The van der Waals surface area contributed by atoms with Crippen LogP contribution < -0.4 is 5.73 Å². The Labute approximate surface area is 75.5 Å². The first-order chi connectivity index (χ1) is 6.20. The Morgan fingerprint density at radius 3 is 3.00 bits per heavy atom. The molecule has 0 saturated heterocycles. The predicted octanol–water partition coefficient (Wildman–Crippen LogP) is 1.54. The molecule has 13 heavy (non-hydrogen) atoms. The number of nitrogens with zero attached hydrogens (tertiary/aromatic N) is 1. The second-order valence-corrected chi connectivity index (χ2v) is 3.25. The van der Waals surface area contributed by atoms with Gasteiger partial charge in [0, 0.05) is 17.7 Å². The first-order valence-electron chi connectivity index (χ1n) is 4.22. The number of hydrogen-bond donors (Lipinski definition) is 1. The third-order valence-corrected chi connectivity index (χ3v) is 2.49. The lowest BCUT2D eigenvalue weighted by Crippen LogP contribution is -2.05. The van der Waals surface area contributed by atoms with Crippen molar-refractivity contribution < 1.29 is 4.92 Å². The van der Waals surface area contributed by atoms with Gasteiger partial charge in [-0.05, 0) is 18.4 Å². The van der Waals surface area contributed by atoms with Gasteiger partial charge in [-0.15, -0.1) is 0 Å². The molecule has 0 fully saturated rings. The number of rotatable bonds is 1. The second-order valence-electron chi connectivity index (χ2n) is 3.25. The molecule has 0 saturated carbocycles. The Hall–Kier alpha value is -1.42. The third-order valence-electron chi connectivity index (χ3n) is 2.49. The molecule has 0 unspecified atom stereocenters. The van der Waals surface area contributed by atoms with Crippen molar-refractivity contribution in [1.82, 2.24) is 0 Å². The van der Waals surface area contributed by atoms with Crippen LogP contribution in [0.3, 0.4) is 0 Å². The maximum Gasteiger partial charge on any atom is 0.272 e. The summed E-state index contributed by atoms with van der Waals surface area (Å²) in [5.74, 6) is 0. The fourth-order valence-corrected chi connectivity index (χ4v) is 1.84. The van der Waals surface area contributed by atoms with E-state index in [0.29, 0.717) is 0 Å². The van der Waals surface area contributed by atoms with Crippen LogP contribution >= 0.6 is 0 Å². The van der Waals surface area contributed by atoms with E-state index < -0.39 is 0 Å². The number of hydrogen-bond acceptors (Lipinski definition) is 3. The van der Waals surface area contributed by atoms with Gasteiger partial charge in [-0.25, -0.2) is 0 Å². The van der Waals surface area contributed by atoms with Crippen molar-refractivity contribution in [2.45, 2.75) is 18.9 Å². The summed E-state index contributed by atoms with van der Waals surface area (Å²) in [5.41, 5.74) is 7.76. The van der Waals surface area contributed by atoms with Crippen LogP contribution in [0.25, 0.3) is 0 Å². The molecule has 0 aromatic heterocycles. The molecule has 1 atom stereocenters. The van der Waals surface area contributed by atoms with Gasteiger partial charge in [0.05, 0.1) is 4.92 Å². The summed E-state index contributed by atoms with van der Waals surface area (Å²) in [6, 6.07) is 5.09. The lowest BCUT2D eigenvalue weighted by molar-refractivity contribution is -0.385. The molecule has 2 N–H and O–H groups in total. The number of benzene rings is 1. The lowest BCUT2D eigenvalue weighted by atomic mass is 10.1. The van der Waals surface area contributed by atoms with Gasteiger partial charge in [0.25, 0.3) is 5.69 Å². The van der Waals surface area contributed by atoms with Crippen LogP contribution in [0.15, 0.2) is 18.2 Å². The molecule has 1 aliphatic carbocycles. The van der Waals surface area contributed by atoms with Crippen molar-refractivity contribution in [1.29, 1.82) is 0 Å². The molecule has 1 aliphatic rings. The number of nitrogens with two attached hydrogens (primary N) is 1. The highest BCUT2D eigenvalue weighted by Gasteiger charge is 2.25. The normalized spacial score (nSPS) is 19.9. The summed E-state index contributed by atoms with van der Waals surface area (Å²) in [6.45, 7) is 0. The van der Waals surface area contributed by atoms with E-state index in [1.54, 1.807) is 6.07 Å². The maximum atomic E-state index is 10.6. The Morgan fingerprint density at radius 1 is 1.54 bits per heavy atom. The summed E-state index contributed by atoms with van der Waals surface area (Å²) in [5, 5.41) is 10.6. The second kappa shape index (κ2) is 2.81. The molecule has 1 aromatic carbocycles. The van der Waals surface area contributed by atoms with Crippen molar-refractivity contribution >= 4 is 5.69 Å². The average Bonchev–Trinajstić information content (AvgIpc) is 2.48. The average molecular weight is 178 g/mol. The van der Waals surface area contributed by atoms with E-state index in [2.05, 4.69) is 0 Å². The summed E-state index contributed by atoms with van der Waals surface area (Å²) in [4.78, 5) is 10.3. The van der Waals surface area contributed by atoms with Gasteiger partial charge in [0.15, 0.2) is 0 Å². The van der Waals surface area contributed by atoms with E-state index >= 15 is 0 Å². The van der Waals surface area contributed by atoms with E-state index in [9.17, 15) is 10.1 Å².